The number of carbonyl (C=O) groups excluding carboxylic acids is 1. The highest BCUT2D eigenvalue weighted by molar-refractivity contribution is 7.25. The summed E-state index contributed by atoms with van der Waals surface area (Å²) in [6, 6.07) is 22.2. The topological polar surface area (TPSA) is 20.3 Å². The van der Waals surface area contributed by atoms with Gasteiger partial charge in [-0.15, -0.1) is 22.7 Å². The van der Waals surface area contributed by atoms with E-state index in [0.717, 1.165) is 12.8 Å². The molecule has 0 N–H and O–H groups in total. The van der Waals surface area contributed by atoms with Crippen molar-refractivity contribution in [3.05, 3.63) is 60.7 Å². The quantitative estimate of drug-likeness (QED) is 0.393. The maximum atomic E-state index is 11.8. The molecule has 1 fully saturated rings. The number of Topliss-reactive ketones (excluding diaryl/α,β-unsaturated/α-hetero) is 1. The summed E-state index contributed by atoms with van der Waals surface area (Å²) in [5, 5.41) is 5.17. The Kier molecular flexibility index (Phi) is 4.03. The molecule has 0 unspecified atom stereocenters. The minimum absolute atomic E-state index is 0.397. The Bertz CT molecular complexity index is 944. The summed E-state index contributed by atoms with van der Waals surface area (Å²) in [6.07, 6.45) is 3.30. The molecule has 0 saturated heterocycles. The molecule has 2 nitrogen and oxygen atoms in total. The Balaban J connectivity index is 1.63. The van der Waals surface area contributed by atoms with E-state index in [4.69, 9.17) is 0 Å². The summed E-state index contributed by atoms with van der Waals surface area (Å²) in [5.41, 5.74) is 0. The predicted molar refractivity (Wildman–Crippen MR) is 113 cm³/mol. The zero-order chi connectivity index (χ0) is 17.5. The van der Waals surface area contributed by atoms with Crippen LogP contribution in [0.25, 0.3) is 20.2 Å². The van der Waals surface area contributed by atoms with E-state index in [-0.39, 0.29) is 0 Å². The summed E-state index contributed by atoms with van der Waals surface area (Å²) < 4.78 is 2.64. The van der Waals surface area contributed by atoms with Gasteiger partial charge in [0.2, 0.25) is 0 Å². The summed E-state index contributed by atoms with van der Waals surface area (Å²) in [6.45, 7) is 0. The first-order chi connectivity index (χ1) is 12.8. The van der Waals surface area contributed by atoms with Crippen LogP contribution in [-0.4, -0.2) is 11.8 Å². The van der Waals surface area contributed by atoms with Gasteiger partial charge in [0.15, 0.2) is 0 Å². The molecule has 26 heavy (non-hydrogen) atoms. The number of fused-ring (bicyclic) bond motifs is 2. The normalized spacial score (nSPS) is 15.8. The highest BCUT2D eigenvalue weighted by Gasteiger charge is 2.28. The van der Waals surface area contributed by atoms with Crippen LogP contribution in [0.5, 0.6) is 0 Å². The van der Waals surface area contributed by atoms with Crippen molar-refractivity contribution < 1.29 is 4.79 Å². The Morgan fingerprint density at radius 3 is 1.77 bits per heavy atom. The number of thiophene rings is 2. The fraction of sp³-hybridized carbons (Fsp3) is 0.227. The second-order valence-corrected chi connectivity index (χ2v) is 9.01. The molecule has 5 rings (SSSR count). The summed E-state index contributed by atoms with van der Waals surface area (Å²) >= 11 is 3.70. The summed E-state index contributed by atoms with van der Waals surface area (Å²) in [4.78, 5) is 14.3. The lowest BCUT2D eigenvalue weighted by Gasteiger charge is -2.33. The standard InChI is InChI=1S/C22H19NOS2/c24-18-11-9-17(10-12-18)23(21-13-15-5-1-3-7-19(15)25-21)22-14-16-6-2-4-8-20(16)26-22/h1-8,13-14,17H,9-12H2. The highest BCUT2D eigenvalue weighted by Crippen LogP contribution is 2.44. The average molecular weight is 378 g/mol. The molecule has 4 heteroatoms. The molecule has 1 saturated carbocycles. The Morgan fingerprint density at radius 1 is 0.769 bits per heavy atom. The van der Waals surface area contributed by atoms with Gasteiger partial charge in [-0.25, -0.2) is 0 Å². The first-order valence-corrected chi connectivity index (χ1v) is 10.7. The Morgan fingerprint density at radius 2 is 1.27 bits per heavy atom. The molecule has 0 aliphatic heterocycles. The number of rotatable bonds is 3. The van der Waals surface area contributed by atoms with Gasteiger partial charge in [-0.05, 0) is 47.9 Å². The van der Waals surface area contributed by atoms with Crippen molar-refractivity contribution in [1.82, 2.24) is 0 Å². The zero-order valence-corrected chi connectivity index (χ0v) is 16.0. The first-order valence-electron chi connectivity index (χ1n) is 9.06. The van der Waals surface area contributed by atoms with Crippen LogP contribution in [0.3, 0.4) is 0 Å². The lowest BCUT2D eigenvalue weighted by Crippen LogP contribution is -2.33. The van der Waals surface area contributed by atoms with E-state index in [2.05, 4.69) is 65.6 Å². The van der Waals surface area contributed by atoms with Crippen molar-refractivity contribution in [2.75, 3.05) is 4.90 Å². The van der Waals surface area contributed by atoms with Crippen LogP contribution < -0.4 is 4.90 Å². The summed E-state index contributed by atoms with van der Waals surface area (Å²) in [5.74, 6) is 0.411. The second-order valence-electron chi connectivity index (χ2n) is 6.88. The van der Waals surface area contributed by atoms with E-state index in [1.165, 1.54) is 30.2 Å². The maximum Gasteiger partial charge on any atom is 0.133 e. The molecule has 130 valence electrons. The Hall–Kier alpha value is -2.17. The second kappa shape index (κ2) is 6.53. The van der Waals surface area contributed by atoms with Gasteiger partial charge in [-0.2, -0.15) is 0 Å². The minimum atomic E-state index is 0.397. The van der Waals surface area contributed by atoms with Crippen molar-refractivity contribution in [3.8, 4) is 0 Å². The van der Waals surface area contributed by atoms with Gasteiger partial charge in [-0.3, -0.25) is 4.79 Å². The van der Waals surface area contributed by atoms with Crippen molar-refractivity contribution >= 4 is 58.6 Å². The van der Waals surface area contributed by atoms with Crippen molar-refractivity contribution in [2.24, 2.45) is 0 Å². The lowest BCUT2D eigenvalue weighted by molar-refractivity contribution is -0.120. The van der Waals surface area contributed by atoms with E-state index in [9.17, 15) is 4.79 Å². The molecule has 2 aromatic heterocycles. The van der Waals surface area contributed by atoms with Gasteiger partial charge in [0, 0.05) is 28.3 Å². The average Bonchev–Trinajstić information content (AvgIpc) is 3.27. The van der Waals surface area contributed by atoms with E-state index in [1.54, 1.807) is 0 Å². The molecular weight excluding hydrogens is 358 g/mol. The molecule has 0 radical (unpaired) electrons. The smallest absolute Gasteiger partial charge is 0.133 e. The number of nitrogens with zero attached hydrogens (tertiary/aromatic N) is 1. The van der Waals surface area contributed by atoms with Crippen molar-refractivity contribution in [3.63, 3.8) is 0 Å². The predicted octanol–water partition coefficient (Wildman–Crippen LogP) is 6.77. The van der Waals surface area contributed by atoms with Crippen LogP contribution in [0.2, 0.25) is 0 Å². The van der Waals surface area contributed by atoms with Gasteiger partial charge >= 0.3 is 0 Å². The van der Waals surface area contributed by atoms with Gasteiger partial charge in [0.1, 0.15) is 5.78 Å². The summed E-state index contributed by atoms with van der Waals surface area (Å²) in [7, 11) is 0. The molecule has 0 atom stereocenters. The SMILES string of the molecule is O=C1CCC(N(c2cc3ccccc3s2)c2cc3ccccc3s2)CC1. The van der Waals surface area contributed by atoms with Crippen molar-refractivity contribution in [2.45, 2.75) is 31.7 Å². The minimum Gasteiger partial charge on any atom is -0.322 e. The first kappa shape index (κ1) is 16.0. The number of anilines is 2. The van der Waals surface area contributed by atoms with E-state index in [0.29, 0.717) is 24.7 Å². The van der Waals surface area contributed by atoms with Gasteiger partial charge in [0.05, 0.1) is 10.0 Å². The number of benzene rings is 2. The van der Waals surface area contributed by atoms with Crippen LogP contribution >= 0.6 is 22.7 Å². The van der Waals surface area contributed by atoms with E-state index in [1.807, 2.05) is 22.7 Å². The molecule has 0 bridgehead atoms. The van der Waals surface area contributed by atoms with Gasteiger partial charge in [0.25, 0.3) is 0 Å². The van der Waals surface area contributed by atoms with E-state index >= 15 is 0 Å². The molecular formula is C22H19NOS2. The van der Waals surface area contributed by atoms with Crippen LogP contribution in [-0.2, 0) is 4.79 Å². The van der Waals surface area contributed by atoms with Crippen LogP contribution in [0, 0.1) is 0 Å². The third-order valence-electron chi connectivity index (χ3n) is 5.18. The molecule has 0 spiro atoms. The molecule has 1 aliphatic rings. The number of carbonyl (C=O) groups is 1. The number of ketones is 1. The zero-order valence-electron chi connectivity index (χ0n) is 14.4. The van der Waals surface area contributed by atoms with Crippen LogP contribution in [0.4, 0.5) is 10.0 Å². The monoisotopic (exact) mass is 377 g/mol. The molecule has 2 heterocycles. The van der Waals surface area contributed by atoms with Crippen LogP contribution in [0.15, 0.2) is 60.7 Å². The van der Waals surface area contributed by atoms with Crippen LogP contribution in [0.1, 0.15) is 25.7 Å². The largest absolute Gasteiger partial charge is 0.322 e. The molecule has 4 aromatic rings. The Labute approximate surface area is 160 Å². The molecule has 1 aliphatic carbocycles. The van der Waals surface area contributed by atoms with Gasteiger partial charge in [-0.1, -0.05) is 36.4 Å². The molecule has 0 amide bonds. The van der Waals surface area contributed by atoms with Crippen molar-refractivity contribution in [1.29, 1.82) is 0 Å². The van der Waals surface area contributed by atoms with Gasteiger partial charge < -0.3 is 4.90 Å². The lowest BCUT2D eigenvalue weighted by atomic mass is 9.93. The van der Waals surface area contributed by atoms with E-state index < -0.39 is 0 Å². The third kappa shape index (κ3) is 2.83. The molecule has 2 aromatic carbocycles. The fourth-order valence-corrected chi connectivity index (χ4v) is 6.18. The number of hydrogen-bond acceptors (Lipinski definition) is 4. The maximum absolute atomic E-state index is 11.8. The highest BCUT2D eigenvalue weighted by atomic mass is 32.1. The number of hydrogen-bond donors (Lipinski definition) is 0. The fourth-order valence-electron chi connectivity index (χ4n) is 3.82. The third-order valence-corrected chi connectivity index (χ3v) is 7.41.